The van der Waals surface area contributed by atoms with Crippen LogP contribution in [0.15, 0.2) is 48.5 Å². The normalized spacial score (nSPS) is 11.9. The maximum absolute atomic E-state index is 13.8. The van der Waals surface area contributed by atoms with E-state index in [2.05, 4.69) is 11.4 Å². The predicted octanol–water partition coefficient (Wildman–Crippen LogP) is 3.85. The molecule has 0 aliphatic heterocycles. The highest BCUT2D eigenvalue weighted by Gasteiger charge is 2.23. The molecule has 1 aromatic heterocycles. The van der Waals surface area contributed by atoms with Gasteiger partial charge in [0.1, 0.15) is 23.5 Å². The third kappa shape index (κ3) is 4.69. The Morgan fingerprint density at radius 2 is 1.84 bits per heavy atom. The third-order valence-electron chi connectivity index (χ3n) is 5.48. The van der Waals surface area contributed by atoms with Gasteiger partial charge in [-0.15, -0.1) is 0 Å². The van der Waals surface area contributed by atoms with Gasteiger partial charge in [-0.3, -0.25) is 14.3 Å². The standard InChI is InChI=1S/C24H24F2N4O2/c1-15-16(2)30(20-9-5-8-19(26)11-20)24(21(15)12-27)28-23(32)13-29(3)22(14-31)17-6-4-7-18(25)10-17/h4-11,22,31H,13-14H2,1-3H3,(H,28,32). The van der Waals surface area contributed by atoms with Crippen molar-refractivity contribution in [2.45, 2.75) is 19.9 Å². The first-order valence-electron chi connectivity index (χ1n) is 10.0. The van der Waals surface area contributed by atoms with Crippen molar-refractivity contribution in [1.82, 2.24) is 9.47 Å². The van der Waals surface area contributed by atoms with Gasteiger partial charge in [0, 0.05) is 5.69 Å². The molecule has 0 saturated heterocycles. The topological polar surface area (TPSA) is 81.3 Å². The fourth-order valence-corrected chi connectivity index (χ4v) is 3.72. The summed E-state index contributed by atoms with van der Waals surface area (Å²) in [6.45, 7) is 3.11. The Labute approximate surface area is 185 Å². The zero-order chi connectivity index (χ0) is 23.4. The number of rotatable bonds is 7. The molecule has 3 aromatic rings. The second-order valence-electron chi connectivity index (χ2n) is 7.58. The summed E-state index contributed by atoms with van der Waals surface area (Å²) in [6.07, 6.45) is 0. The highest BCUT2D eigenvalue weighted by Crippen LogP contribution is 2.30. The van der Waals surface area contributed by atoms with Crippen LogP contribution >= 0.6 is 0 Å². The smallest absolute Gasteiger partial charge is 0.239 e. The molecule has 1 amide bonds. The molecule has 6 nitrogen and oxygen atoms in total. The van der Waals surface area contributed by atoms with Gasteiger partial charge in [-0.05, 0) is 62.4 Å². The number of benzene rings is 2. The van der Waals surface area contributed by atoms with Gasteiger partial charge in [0.15, 0.2) is 0 Å². The van der Waals surface area contributed by atoms with Crippen molar-refractivity contribution in [1.29, 1.82) is 5.26 Å². The van der Waals surface area contributed by atoms with Crippen LogP contribution in [-0.2, 0) is 4.79 Å². The van der Waals surface area contributed by atoms with Gasteiger partial charge >= 0.3 is 0 Å². The minimum Gasteiger partial charge on any atom is -0.394 e. The summed E-state index contributed by atoms with van der Waals surface area (Å²) in [6, 6.07) is 13.2. The second-order valence-corrected chi connectivity index (χ2v) is 7.58. The average Bonchev–Trinajstić information content (AvgIpc) is 2.97. The monoisotopic (exact) mass is 438 g/mol. The van der Waals surface area contributed by atoms with Gasteiger partial charge in [0.05, 0.1) is 30.4 Å². The fraction of sp³-hybridized carbons (Fsp3) is 0.250. The summed E-state index contributed by atoms with van der Waals surface area (Å²) in [5.74, 6) is -1.06. The number of aromatic nitrogens is 1. The number of aliphatic hydroxyl groups excluding tert-OH is 1. The Hall–Kier alpha value is -3.54. The summed E-state index contributed by atoms with van der Waals surface area (Å²) in [5, 5.41) is 22.2. The zero-order valence-electron chi connectivity index (χ0n) is 18.1. The Morgan fingerprint density at radius 1 is 1.19 bits per heavy atom. The molecule has 0 aliphatic rings. The molecule has 0 spiro atoms. The molecule has 1 unspecified atom stereocenters. The highest BCUT2D eigenvalue weighted by atomic mass is 19.1. The molecule has 2 aromatic carbocycles. The van der Waals surface area contributed by atoms with Gasteiger partial charge in [-0.2, -0.15) is 5.26 Å². The van der Waals surface area contributed by atoms with Crippen molar-refractivity contribution in [2.75, 3.05) is 25.5 Å². The number of anilines is 1. The minimum absolute atomic E-state index is 0.126. The van der Waals surface area contributed by atoms with Crippen LogP contribution in [0.2, 0.25) is 0 Å². The number of hydrogen-bond donors (Lipinski definition) is 2. The van der Waals surface area contributed by atoms with Crippen molar-refractivity contribution in [3.8, 4) is 11.8 Å². The molecule has 3 rings (SSSR count). The Kier molecular flexibility index (Phi) is 7.03. The summed E-state index contributed by atoms with van der Waals surface area (Å²) in [4.78, 5) is 14.5. The maximum atomic E-state index is 13.8. The Bertz CT molecular complexity index is 1180. The van der Waals surface area contributed by atoms with Gasteiger partial charge < -0.3 is 10.4 Å². The van der Waals surface area contributed by atoms with E-state index in [0.29, 0.717) is 22.5 Å². The van der Waals surface area contributed by atoms with Crippen molar-refractivity contribution in [3.05, 3.63) is 82.5 Å². The molecule has 1 atom stereocenters. The molecular formula is C24H24F2N4O2. The number of amides is 1. The van der Waals surface area contributed by atoms with Crippen molar-refractivity contribution < 1.29 is 18.7 Å². The predicted molar refractivity (Wildman–Crippen MR) is 117 cm³/mol. The van der Waals surface area contributed by atoms with Crippen LogP contribution in [0.1, 0.15) is 28.4 Å². The first-order chi connectivity index (χ1) is 15.3. The van der Waals surface area contributed by atoms with Crippen LogP contribution in [0.4, 0.5) is 14.6 Å². The molecule has 0 fully saturated rings. The molecule has 0 radical (unpaired) electrons. The lowest BCUT2D eigenvalue weighted by atomic mass is 10.1. The summed E-state index contributed by atoms with van der Waals surface area (Å²) < 4.78 is 29.1. The van der Waals surface area contributed by atoms with Crippen LogP contribution in [0.25, 0.3) is 5.69 Å². The van der Waals surface area contributed by atoms with E-state index in [4.69, 9.17) is 0 Å². The number of aliphatic hydroxyl groups is 1. The quantitative estimate of drug-likeness (QED) is 0.587. The fourth-order valence-electron chi connectivity index (χ4n) is 3.72. The van der Waals surface area contributed by atoms with E-state index in [1.807, 2.05) is 0 Å². The van der Waals surface area contributed by atoms with Crippen LogP contribution in [-0.4, -0.2) is 40.7 Å². The Balaban J connectivity index is 1.89. The first kappa shape index (κ1) is 23.1. The first-order valence-corrected chi connectivity index (χ1v) is 10.0. The lowest BCUT2D eigenvalue weighted by molar-refractivity contribution is -0.117. The number of hydrogen-bond acceptors (Lipinski definition) is 4. The summed E-state index contributed by atoms with van der Waals surface area (Å²) in [5.41, 5.74) is 2.67. The van der Waals surface area contributed by atoms with E-state index in [0.717, 1.165) is 0 Å². The molecule has 0 saturated carbocycles. The molecular weight excluding hydrogens is 414 g/mol. The summed E-state index contributed by atoms with van der Waals surface area (Å²) >= 11 is 0. The third-order valence-corrected chi connectivity index (χ3v) is 5.48. The maximum Gasteiger partial charge on any atom is 0.239 e. The van der Waals surface area contributed by atoms with Gasteiger partial charge in [0.25, 0.3) is 0 Å². The molecule has 0 bridgehead atoms. The number of nitrogens with zero attached hydrogens (tertiary/aromatic N) is 3. The molecule has 0 aliphatic carbocycles. The number of nitriles is 1. The van der Waals surface area contributed by atoms with Crippen LogP contribution < -0.4 is 5.32 Å². The molecule has 166 valence electrons. The lowest BCUT2D eigenvalue weighted by Gasteiger charge is -2.26. The SMILES string of the molecule is Cc1c(C#N)c(NC(=O)CN(C)C(CO)c2cccc(F)c2)n(-c2cccc(F)c2)c1C. The van der Waals surface area contributed by atoms with E-state index in [-0.39, 0.29) is 24.5 Å². The van der Waals surface area contributed by atoms with E-state index >= 15 is 0 Å². The highest BCUT2D eigenvalue weighted by molar-refractivity contribution is 5.93. The lowest BCUT2D eigenvalue weighted by Crippen LogP contribution is -2.35. The molecule has 1 heterocycles. The molecule has 8 heteroatoms. The van der Waals surface area contributed by atoms with Crippen LogP contribution in [0.3, 0.4) is 0 Å². The van der Waals surface area contributed by atoms with E-state index in [1.54, 1.807) is 48.6 Å². The molecule has 2 N–H and O–H groups in total. The van der Waals surface area contributed by atoms with E-state index in [9.17, 15) is 23.9 Å². The van der Waals surface area contributed by atoms with Crippen LogP contribution in [0, 0.1) is 36.8 Å². The van der Waals surface area contributed by atoms with Crippen molar-refractivity contribution in [2.24, 2.45) is 0 Å². The Morgan fingerprint density at radius 3 is 2.44 bits per heavy atom. The van der Waals surface area contributed by atoms with E-state index in [1.165, 1.54) is 30.3 Å². The van der Waals surface area contributed by atoms with Gasteiger partial charge in [0.2, 0.25) is 5.91 Å². The number of halogens is 2. The largest absolute Gasteiger partial charge is 0.394 e. The zero-order valence-corrected chi connectivity index (χ0v) is 18.1. The minimum atomic E-state index is -0.592. The van der Waals surface area contributed by atoms with Crippen molar-refractivity contribution in [3.63, 3.8) is 0 Å². The number of carbonyl (C=O) groups excluding carboxylic acids is 1. The van der Waals surface area contributed by atoms with Crippen molar-refractivity contribution >= 4 is 11.7 Å². The number of nitrogens with one attached hydrogen (secondary N) is 1. The van der Waals surface area contributed by atoms with Gasteiger partial charge in [-0.1, -0.05) is 18.2 Å². The number of likely N-dealkylation sites (N-methyl/N-ethyl adjacent to an activating group) is 1. The molecule has 32 heavy (non-hydrogen) atoms. The van der Waals surface area contributed by atoms with Crippen LogP contribution in [0.5, 0.6) is 0 Å². The van der Waals surface area contributed by atoms with Gasteiger partial charge in [-0.25, -0.2) is 8.78 Å². The van der Waals surface area contributed by atoms with E-state index < -0.39 is 23.6 Å². The average molecular weight is 438 g/mol. The summed E-state index contributed by atoms with van der Waals surface area (Å²) in [7, 11) is 1.64. The second kappa shape index (κ2) is 9.73. The number of carbonyl (C=O) groups is 1.